The number of ether oxygens (including phenoxy) is 3. The van der Waals surface area contributed by atoms with Crippen LogP contribution < -0.4 is 24.5 Å². The van der Waals surface area contributed by atoms with Gasteiger partial charge in [-0.05, 0) is 42.5 Å². The summed E-state index contributed by atoms with van der Waals surface area (Å²) >= 11 is 0. The van der Waals surface area contributed by atoms with E-state index in [0.717, 1.165) is 5.69 Å². The largest absolute Gasteiger partial charge is 0.497 e. The third kappa shape index (κ3) is 3.98. The van der Waals surface area contributed by atoms with Gasteiger partial charge in [-0.25, -0.2) is 4.98 Å². The molecule has 0 spiro atoms. The van der Waals surface area contributed by atoms with Crippen molar-refractivity contribution in [1.29, 1.82) is 0 Å². The summed E-state index contributed by atoms with van der Waals surface area (Å²) in [5.74, 6) is 1.51. The van der Waals surface area contributed by atoms with Crippen LogP contribution in [0, 0.1) is 0 Å². The quantitative estimate of drug-likeness (QED) is 0.450. The number of aromatic nitrogens is 2. The molecule has 0 fully saturated rings. The lowest BCUT2D eigenvalue weighted by Crippen LogP contribution is -2.32. The van der Waals surface area contributed by atoms with Gasteiger partial charge in [-0.3, -0.25) is 14.5 Å². The number of carbonyl (C=O) groups excluding carboxylic acids is 1. The highest BCUT2D eigenvalue weighted by molar-refractivity contribution is 6.07. The normalized spacial score (nSPS) is 10.7. The van der Waals surface area contributed by atoms with Crippen LogP contribution in [0.1, 0.15) is 10.4 Å². The molecule has 168 valence electrons. The van der Waals surface area contributed by atoms with Crippen LogP contribution in [0.25, 0.3) is 16.6 Å². The second kappa shape index (κ2) is 9.04. The van der Waals surface area contributed by atoms with Gasteiger partial charge in [-0.15, -0.1) is 0 Å². The van der Waals surface area contributed by atoms with Crippen molar-refractivity contribution in [3.8, 4) is 22.9 Å². The van der Waals surface area contributed by atoms with E-state index in [1.807, 2.05) is 24.3 Å². The number of nitrogens with zero attached hydrogens (tertiary/aromatic N) is 3. The number of amides is 1. The van der Waals surface area contributed by atoms with E-state index >= 15 is 0 Å². The predicted molar refractivity (Wildman–Crippen MR) is 126 cm³/mol. The highest BCUT2D eigenvalue weighted by atomic mass is 16.5. The average Bonchev–Trinajstić information content (AvgIpc) is 2.88. The molecule has 0 aliphatic carbocycles. The minimum Gasteiger partial charge on any atom is -0.497 e. The predicted octanol–water partition coefficient (Wildman–Crippen LogP) is 3.69. The first-order valence-corrected chi connectivity index (χ1v) is 10.1. The molecule has 2 heterocycles. The Morgan fingerprint density at radius 1 is 0.939 bits per heavy atom. The van der Waals surface area contributed by atoms with Gasteiger partial charge in [0.05, 0.1) is 32.2 Å². The smallest absolute Gasteiger partial charge is 0.264 e. The molecule has 0 atom stereocenters. The Kier molecular flexibility index (Phi) is 5.99. The van der Waals surface area contributed by atoms with Gasteiger partial charge >= 0.3 is 0 Å². The molecule has 4 rings (SSSR count). The van der Waals surface area contributed by atoms with Crippen LogP contribution in [-0.2, 0) is 0 Å². The summed E-state index contributed by atoms with van der Waals surface area (Å²) in [6.07, 6.45) is 3.13. The molecule has 0 aliphatic heterocycles. The van der Waals surface area contributed by atoms with Crippen molar-refractivity contribution >= 4 is 22.6 Å². The summed E-state index contributed by atoms with van der Waals surface area (Å²) in [4.78, 5) is 32.4. The molecular formula is C25H23N3O5. The van der Waals surface area contributed by atoms with Gasteiger partial charge < -0.3 is 18.8 Å². The maximum absolute atomic E-state index is 13.5. The molecule has 2 aromatic carbocycles. The van der Waals surface area contributed by atoms with E-state index in [1.54, 1.807) is 61.5 Å². The van der Waals surface area contributed by atoms with Gasteiger partial charge in [0.2, 0.25) is 5.43 Å². The molecule has 8 heteroatoms. The Balaban J connectivity index is 1.98. The van der Waals surface area contributed by atoms with E-state index in [9.17, 15) is 9.59 Å². The summed E-state index contributed by atoms with van der Waals surface area (Å²) in [5.41, 5.74) is 0.893. The van der Waals surface area contributed by atoms with Crippen molar-refractivity contribution in [3.05, 3.63) is 82.8 Å². The first kappa shape index (κ1) is 21.9. The van der Waals surface area contributed by atoms with Crippen LogP contribution in [0.5, 0.6) is 17.2 Å². The molecule has 0 aliphatic rings. The van der Waals surface area contributed by atoms with Crippen LogP contribution >= 0.6 is 0 Å². The van der Waals surface area contributed by atoms with Crippen LogP contribution in [0.4, 0.5) is 5.82 Å². The second-order valence-corrected chi connectivity index (χ2v) is 7.22. The van der Waals surface area contributed by atoms with Crippen LogP contribution in [0.2, 0.25) is 0 Å². The molecule has 4 aromatic rings. The molecule has 0 N–H and O–H groups in total. The molecule has 8 nitrogen and oxygen atoms in total. The number of benzene rings is 2. The van der Waals surface area contributed by atoms with E-state index in [1.165, 1.54) is 19.1 Å². The number of pyridine rings is 2. The second-order valence-electron chi connectivity index (χ2n) is 7.22. The van der Waals surface area contributed by atoms with Gasteiger partial charge in [-0.1, -0.05) is 6.07 Å². The zero-order valence-electron chi connectivity index (χ0n) is 18.7. The summed E-state index contributed by atoms with van der Waals surface area (Å²) in [6.45, 7) is 0. The monoisotopic (exact) mass is 445 g/mol. The number of hydrogen-bond acceptors (Lipinski definition) is 6. The average molecular weight is 445 g/mol. The molecule has 0 unspecified atom stereocenters. The van der Waals surface area contributed by atoms with Crippen LogP contribution in [-0.4, -0.2) is 43.8 Å². The van der Waals surface area contributed by atoms with Gasteiger partial charge in [0.1, 0.15) is 17.1 Å². The van der Waals surface area contributed by atoms with Crippen LogP contribution in [0.3, 0.4) is 0 Å². The minimum atomic E-state index is -0.474. The van der Waals surface area contributed by atoms with Crippen molar-refractivity contribution in [2.75, 3.05) is 33.3 Å². The molecule has 1 amide bonds. The van der Waals surface area contributed by atoms with Crippen molar-refractivity contribution in [2.24, 2.45) is 0 Å². The van der Waals surface area contributed by atoms with E-state index < -0.39 is 11.3 Å². The van der Waals surface area contributed by atoms with E-state index in [4.69, 9.17) is 14.2 Å². The number of rotatable bonds is 6. The number of anilines is 1. The van der Waals surface area contributed by atoms with Gasteiger partial charge in [0.15, 0.2) is 11.5 Å². The Bertz CT molecular complexity index is 1370. The lowest BCUT2D eigenvalue weighted by Gasteiger charge is -2.19. The van der Waals surface area contributed by atoms with Gasteiger partial charge in [0, 0.05) is 31.2 Å². The Morgan fingerprint density at radius 2 is 1.64 bits per heavy atom. The zero-order chi connectivity index (χ0) is 23.5. The molecule has 2 aromatic heterocycles. The first-order valence-electron chi connectivity index (χ1n) is 10.1. The van der Waals surface area contributed by atoms with E-state index in [2.05, 4.69) is 4.98 Å². The van der Waals surface area contributed by atoms with Crippen molar-refractivity contribution < 1.29 is 19.0 Å². The number of carbonyl (C=O) groups is 1. The highest BCUT2D eigenvalue weighted by Crippen LogP contribution is 2.32. The Labute approximate surface area is 190 Å². The standard InChI is InChI=1S/C25H23N3O5/c1-27(23-7-5-6-12-26-23)25(30)19-15-28(16-8-10-17(31-2)11-9-16)20-14-22(33-4)21(32-3)13-18(20)24(19)29/h5-15H,1-4H3. The molecule has 0 saturated carbocycles. The maximum Gasteiger partial charge on any atom is 0.264 e. The lowest BCUT2D eigenvalue weighted by atomic mass is 10.1. The minimum absolute atomic E-state index is 0.00121. The van der Waals surface area contributed by atoms with Gasteiger partial charge in [-0.2, -0.15) is 0 Å². The molecule has 33 heavy (non-hydrogen) atoms. The van der Waals surface area contributed by atoms with Crippen molar-refractivity contribution in [1.82, 2.24) is 9.55 Å². The van der Waals surface area contributed by atoms with E-state index in [0.29, 0.717) is 34.0 Å². The molecule has 0 saturated heterocycles. The lowest BCUT2D eigenvalue weighted by molar-refractivity contribution is 0.0991. The van der Waals surface area contributed by atoms with Crippen molar-refractivity contribution in [2.45, 2.75) is 0 Å². The zero-order valence-corrected chi connectivity index (χ0v) is 18.7. The number of hydrogen-bond donors (Lipinski definition) is 0. The third-order valence-electron chi connectivity index (χ3n) is 5.39. The highest BCUT2D eigenvalue weighted by Gasteiger charge is 2.22. The van der Waals surface area contributed by atoms with Crippen molar-refractivity contribution in [3.63, 3.8) is 0 Å². The SMILES string of the molecule is COc1ccc(-n2cc(C(=O)N(C)c3ccccn3)c(=O)c3cc(OC)c(OC)cc32)cc1. The topological polar surface area (TPSA) is 82.9 Å². The molecule has 0 radical (unpaired) electrons. The Hall–Kier alpha value is -4.33. The number of fused-ring (bicyclic) bond motifs is 1. The van der Waals surface area contributed by atoms with Gasteiger partial charge in [0.25, 0.3) is 5.91 Å². The first-order chi connectivity index (χ1) is 16.0. The summed E-state index contributed by atoms with van der Waals surface area (Å²) in [6, 6.07) is 15.8. The Morgan fingerprint density at radius 3 is 2.24 bits per heavy atom. The molecule has 0 bridgehead atoms. The third-order valence-corrected chi connectivity index (χ3v) is 5.39. The molecular weight excluding hydrogens is 422 g/mol. The van der Waals surface area contributed by atoms with Crippen LogP contribution in [0.15, 0.2) is 71.8 Å². The fourth-order valence-corrected chi connectivity index (χ4v) is 3.60. The van der Waals surface area contributed by atoms with E-state index in [-0.39, 0.29) is 5.56 Å². The summed E-state index contributed by atoms with van der Waals surface area (Å²) < 4.78 is 17.9. The number of methoxy groups -OCH3 is 3. The summed E-state index contributed by atoms with van der Waals surface area (Å²) in [5, 5.41) is 0.323. The fourth-order valence-electron chi connectivity index (χ4n) is 3.60. The fraction of sp³-hybridized carbons (Fsp3) is 0.160. The summed E-state index contributed by atoms with van der Waals surface area (Å²) in [7, 11) is 6.19. The maximum atomic E-state index is 13.5.